The number of benzene rings is 2. The standard InChI is InChI=1S/C34H48N4O8/c1-27-19-29-23-35-3-7-41-11-15-45-17-13-43-9-5-37-25-31-21-28(2)22-32(34(31)40)26-38-6-10-44-14-18-46-16-12-42-8-4-36-24-30(20-27)33(29)39/h19-26,39-40H,3-18H2,1-2H3. The highest BCUT2D eigenvalue weighted by Gasteiger charge is 2.07. The molecular weight excluding hydrogens is 592 g/mol. The molecule has 0 aromatic heterocycles. The van der Waals surface area contributed by atoms with E-state index in [9.17, 15) is 10.2 Å². The van der Waals surface area contributed by atoms with Gasteiger partial charge in [-0.15, -0.1) is 0 Å². The van der Waals surface area contributed by atoms with Gasteiger partial charge >= 0.3 is 0 Å². The molecule has 46 heavy (non-hydrogen) atoms. The van der Waals surface area contributed by atoms with Crippen LogP contribution in [0, 0.1) is 13.8 Å². The van der Waals surface area contributed by atoms with E-state index in [1.165, 1.54) is 0 Å². The van der Waals surface area contributed by atoms with Crippen LogP contribution < -0.4 is 0 Å². The first-order valence-electron chi connectivity index (χ1n) is 15.7. The Bertz CT molecular complexity index is 1100. The maximum atomic E-state index is 10.7. The molecule has 4 bridgehead atoms. The molecule has 0 saturated heterocycles. The minimum Gasteiger partial charge on any atom is -0.507 e. The molecule has 2 N–H and O–H groups in total. The Kier molecular flexibility index (Phi) is 18.4. The lowest BCUT2D eigenvalue weighted by atomic mass is 10.1. The van der Waals surface area contributed by atoms with Crippen LogP contribution in [0.15, 0.2) is 44.2 Å². The predicted molar refractivity (Wildman–Crippen MR) is 180 cm³/mol. The highest BCUT2D eigenvalue weighted by molar-refractivity contribution is 5.93. The largest absolute Gasteiger partial charge is 0.507 e. The highest BCUT2D eigenvalue weighted by Crippen LogP contribution is 2.23. The van der Waals surface area contributed by atoms with Crippen LogP contribution in [0.1, 0.15) is 33.4 Å². The molecule has 0 radical (unpaired) electrons. The highest BCUT2D eigenvalue weighted by atomic mass is 16.5. The van der Waals surface area contributed by atoms with Gasteiger partial charge in [0.1, 0.15) is 11.5 Å². The van der Waals surface area contributed by atoms with E-state index in [4.69, 9.17) is 28.4 Å². The second-order valence-corrected chi connectivity index (χ2v) is 10.4. The smallest absolute Gasteiger partial charge is 0.133 e. The van der Waals surface area contributed by atoms with E-state index in [0.717, 1.165) is 11.1 Å². The molecule has 12 heteroatoms. The topological polar surface area (TPSA) is 145 Å². The summed E-state index contributed by atoms with van der Waals surface area (Å²) in [6.07, 6.45) is 6.61. The van der Waals surface area contributed by atoms with Gasteiger partial charge in [0.25, 0.3) is 0 Å². The summed E-state index contributed by atoms with van der Waals surface area (Å²) in [5.74, 6) is 0.272. The summed E-state index contributed by atoms with van der Waals surface area (Å²) in [4.78, 5) is 17.5. The summed E-state index contributed by atoms with van der Waals surface area (Å²) >= 11 is 0. The van der Waals surface area contributed by atoms with E-state index in [2.05, 4.69) is 20.0 Å². The van der Waals surface area contributed by atoms with Crippen molar-refractivity contribution in [2.45, 2.75) is 13.8 Å². The molecule has 0 spiro atoms. The van der Waals surface area contributed by atoms with Crippen molar-refractivity contribution < 1.29 is 38.6 Å². The van der Waals surface area contributed by atoms with Gasteiger partial charge in [0.15, 0.2) is 0 Å². The molecule has 1 heterocycles. The quantitative estimate of drug-likeness (QED) is 0.447. The maximum absolute atomic E-state index is 10.7. The SMILES string of the molecule is Cc1cc2c(O)c(c1)C=NCCOCCOCCOCCN=Cc1cc(C)cc(c1O)C=NCCOCCOCCOCCN=C2. The molecule has 0 aliphatic carbocycles. The van der Waals surface area contributed by atoms with E-state index >= 15 is 0 Å². The Morgan fingerprint density at radius 2 is 0.609 bits per heavy atom. The van der Waals surface area contributed by atoms with Gasteiger partial charge < -0.3 is 38.6 Å². The first kappa shape index (κ1) is 36.9. The molecule has 252 valence electrons. The van der Waals surface area contributed by atoms with Crippen LogP contribution in [0.5, 0.6) is 11.5 Å². The number of hydrogen-bond donors (Lipinski definition) is 2. The van der Waals surface area contributed by atoms with Crippen LogP contribution in [0.3, 0.4) is 0 Å². The third-order valence-electron chi connectivity index (χ3n) is 6.49. The molecule has 2 aromatic rings. The van der Waals surface area contributed by atoms with Crippen molar-refractivity contribution in [2.24, 2.45) is 20.0 Å². The van der Waals surface area contributed by atoms with E-state index in [-0.39, 0.29) is 11.5 Å². The molecule has 0 atom stereocenters. The number of nitrogens with zero attached hydrogens (tertiary/aromatic N) is 4. The fraction of sp³-hybridized carbons (Fsp3) is 0.529. The number of aryl methyl sites for hydroxylation is 2. The number of phenols is 2. The molecule has 0 fully saturated rings. The van der Waals surface area contributed by atoms with Crippen molar-refractivity contribution in [1.82, 2.24) is 0 Å². The predicted octanol–water partition coefficient (Wildman–Crippen LogP) is 3.20. The summed E-state index contributed by atoms with van der Waals surface area (Å²) in [5.41, 5.74) is 4.51. The van der Waals surface area contributed by atoms with Gasteiger partial charge in [-0.05, 0) is 49.2 Å². The van der Waals surface area contributed by atoms with Crippen LogP contribution in [0.25, 0.3) is 0 Å². The van der Waals surface area contributed by atoms with E-state index in [0.29, 0.717) is 128 Å². The molecular formula is C34H48N4O8. The van der Waals surface area contributed by atoms with E-state index < -0.39 is 0 Å². The maximum Gasteiger partial charge on any atom is 0.133 e. The van der Waals surface area contributed by atoms with Gasteiger partial charge in [-0.2, -0.15) is 0 Å². The first-order chi connectivity index (χ1) is 22.5. The number of phenolic OH excluding ortho intramolecular Hbond substituents is 2. The van der Waals surface area contributed by atoms with Crippen molar-refractivity contribution in [3.05, 3.63) is 57.6 Å². The third kappa shape index (κ3) is 15.2. The molecule has 0 saturated carbocycles. The van der Waals surface area contributed by atoms with Gasteiger partial charge in [-0.3, -0.25) is 20.0 Å². The Morgan fingerprint density at radius 3 is 0.848 bits per heavy atom. The number of rotatable bonds is 0. The number of aliphatic imine (C=N–C) groups is 4. The minimum absolute atomic E-state index is 0.136. The molecule has 1 aliphatic heterocycles. The van der Waals surface area contributed by atoms with E-state index in [1.54, 1.807) is 24.9 Å². The molecule has 0 amide bonds. The lowest BCUT2D eigenvalue weighted by molar-refractivity contribution is 0.0176. The lowest BCUT2D eigenvalue weighted by Crippen LogP contribution is -2.11. The second-order valence-electron chi connectivity index (χ2n) is 10.4. The first-order valence-corrected chi connectivity index (χ1v) is 15.7. The van der Waals surface area contributed by atoms with Gasteiger partial charge in [0.05, 0.1) is 105 Å². The van der Waals surface area contributed by atoms with Gasteiger partial charge in [-0.1, -0.05) is 0 Å². The summed E-state index contributed by atoms with van der Waals surface area (Å²) in [5, 5.41) is 21.3. The fourth-order valence-electron chi connectivity index (χ4n) is 4.27. The normalized spacial score (nSPS) is 18.3. The van der Waals surface area contributed by atoms with Crippen LogP contribution in [-0.4, -0.2) is 141 Å². The number of ether oxygens (including phenoxy) is 6. The minimum atomic E-state index is 0.136. The zero-order valence-electron chi connectivity index (χ0n) is 27.1. The molecule has 12 nitrogen and oxygen atoms in total. The van der Waals surface area contributed by atoms with Crippen molar-refractivity contribution in [2.75, 3.05) is 105 Å². The van der Waals surface area contributed by atoms with Crippen molar-refractivity contribution in [3.8, 4) is 11.5 Å². The Balaban J connectivity index is 1.47. The molecule has 2 aromatic carbocycles. The molecule has 0 unspecified atom stereocenters. The Morgan fingerprint density at radius 1 is 0.391 bits per heavy atom. The van der Waals surface area contributed by atoms with Crippen LogP contribution in [0.2, 0.25) is 0 Å². The van der Waals surface area contributed by atoms with Gasteiger partial charge in [-0.25, -0.2) is 0 Å². The van der Waals surface area contributed by atoms with Crippen molar-refractivity contribution >= 4 is 24.9 Å². The van der Waals surface area contributed by atoms with Gasteiger partial charge in [0.2, 0.25) is 0 Å². The van der Waals surface area contributed by atoms with Crippen molar-refractivity contribution in [3.63, 3.8) is 0 Å². The van der Waals surface area contributed by atoms with Gasteiger partial charge in [0, 0.05) is 47.1 Å². The van der Waals surface area contributed by atoms with Crippen LogP contribution in [0.4, 0.5) is 0 Å². The summed E-state index contributed by atoms with van der Waals surface area (Å²) in [7, 11) is 0. The number of hydrogen-bond acceptors (Lipinski definition) is 12. The average molecular weight is 641 g/mol. The molecule has 3 rings (SSSR count). The van der Waals surface area contributed by atoms with E-state index in [1.807, 2.05) is 38.1 Å². The molecule has 1 aliphatic rings. The number of fused-ring (bicyclic) bond motifs is 4. The summed E-state index contributed by atoms with van der Waals surface area (Å²) in [6, 6.07) is 7.51. The lowest BCUT2D eigenvalue weighted by Gasteiger charge is -2.07. The summed E-state index contributed by atoms with van der Waals surface area (Å²) < 4.78 is 33.4. The second kappa shape index (κ2) is 22.9. The van der Waals surface area contributed by atoms with Crippen LogP contribution in [-0.2, 0) is 28.4 Å². The Hall–Kier alpha value is -3.52. The zero-order valence-corrected chi connectivity index (χ0v) is 27.1. The monoisotopic (exact) mass is 640 g/mol. The third-order valence-corrected chi connectivity index (χ3v) is 6.49. The summed E-state index contributed by atoms with van der Waals surface area (Å²) in [6.45, 7) is 11.2. The zero-order chi connectivity index (χ0) is 32.7. The fourth-order valence-corrected chi connectivity index (χ4v) is 4.27. The Labute approximate surface area is 271 Å². The number of aromatic hydroxyl groups is 2. The van der Waals surface area contributed by atoms with Crippen LogP contribution >= 0.6 is 0 Å². The van der Waals surface area contributed by atoms with Crippen molar-refractivity contribution in [1.29, 1.82) is 0 Å². The average Bonchev–Trinajstić information content (AvgIpc) is 3.04.